The van der Waals surface area contributed by atoms with Gasteiger partial charge in [-0.05, 0) is 48.7 Å². The van der Waals surface area contributed by atoms with E-state index >= 15 is 0 Å². The number of anilines is 2. The quantitative estimate of drug-likeness (QED) is 0.246. The van der Waals surface area contributed by atoms with Crippen LogP contribution in [0.5, 0.6) is 5.75 Å². The second-order valence-electron chi connectivity index (χ2n) is 8.15. The Hall–Kier alpha value is -3.77. The third-order valence-electron chi connectivity index (χ3n) is 5.58. The van der Waals surface area contributed by atoms with Crippen LogP contribution in [0, 0.1) is 5.82 Å². The number of amides is 2. The topological polar surface area (TPSA) is 102 Å². The minimum Gasteiger partial charge on any atom is -0.489 e. The lowest BCUT2D eigenvalue weighted by Crippen LogP contribution is -2.30. The van der Waals surface area contributed by atoms with Crippen molar-refractivity contribution in [2.45, 2.75) is 24.1 Å². The predicted octanol–water partition coefficient (Wildman–Crippen LogP) is 4.59. The average molecular weight is 539 g/mol. The number of nitrogens with zero attached hydrogens (tertiary/aromatic N) is 5. The van der Waals surface area contributed by atoms with Gasteiger partial charge in [-0.25, -0.2) is 9.07 Å². The number of rotatable bonds is 9. The van der Waals surface area contributed by atoms with Crippen molar-refractivity contribution in [3.05, 3.63) is 71.8 Å². The number of thioether (sulfide) groups is 1. The minimum atomic E-state index is -0.510. The molecule has 0 saturated heterocycles. The molecule has 0 spiro atoms. The van der Waals surface area contributed by atoms with Crippen LogP contribution in [0.25, 0.3) is 5.69 Å². The molecule has 0 atom stereocenters. The number of aromatic nitrogens is 4. The Labute approximate surface area is 220 Å². The maximum Gasteiger partial charge on any atom is 0.281 e. The summed E-state index contributed by atoms with van der Waals surface area (Å²) in [7, 11) is 0. The molecule has 0 radical (unpaired) electrons. The maximum absolute atomic E-state index is 13.3. The first kappa shape index (κ1) is 24.9. The van der Waals surface area contributed by atoms with Crippen molar-refractivity contribution in [3.8, 4) is 11.4 Å². The molecule has 0 saturated carbocycles. The lowest BCUT2D eigenvalue weighted by molar-refractivity contribution is -0.116. The van der Waals surface area contributed by atoms with Crippen molar-refractivity contribution in [3.63, 3.8) is 0 Å². The summed E-state index contributed by atoms with van der Waals surface area (Å²) in [6, 6.07) is 13.7. The van der Waals surface area contributed by atoms with Crippen molar-refractivity contribution in [2.75, 3.05) is 29.1 Å². The molecule has 2 amide bonds. The smallest absolute Gasteiger partial charge is 0.281 e. The highest BCUT2D eigenvalue weighted by molar-refractivity contribution is 8.01. The van der Waals surface area contributed by atoms with Gasteiger partial charge in [-0.2, -0.15) is 5.10 Å². The Morgan fingerprint density at radius 3 is 2.78 bits per heavy atom. The molecule has 0 bridgehead atoms. The third-order valence-corrected chi connectivity index (χ3v) is 7.54. The van der Waals surface area contributed by atoms with Gasteiger partial charge in [-0.15, -0.1) is 10.2 Å². The molecule has 2 aromatic heterocycles. The van der Waals surface area contributed by atoms with E-state index in [9.17, 15) is 14.0 Å². The molecular weight excluding hydrogens is 515 g/mol. The fraction of sp³-hybridized carbons (Fsp3) is 0.240. The van der Waals surface area contributed by atoms with E-state index in [1.165, 1.54) is 45.5 Å². The van der Waals surface area contributed by atoms with Gasteiger partial charge in [0.05, 0.1) is 24.2 Å². The summed E-state index contributed by atoms with van der Waals surface area (Å²) in [6.45, 7) is 3.03. The highest BCUT2D eigenvalue weighted by atomic mass is 32.2. The number of fused-ring (bicyclic) bond motifs is 1. The summed E-state index contributed by atoms with van der Waals surface area (Å²) < 4.78 is 21.1. The fourth-order valence-corrected chi connectivity index (χ4v) is 5.46. The second-order valence-corrected chi connectivity index (χ2v) is 10.4. The van der Waals surface area contributed by atoms with Crippen molar-refractivity contribution < 1.29 is 18.7 Å². The number of hydrogen-bond donors (Lipinski definition) is 1. The zero-order chi connectivity index (χ0) is 25.8. The van der Waals surface area contributed by atoms with Crippen LogP contribution in [-0.4, -0.2) is 50.7 Å². The number of carbonyl (C=O) groups is 2. The van der Waals surface area contributed by atoms with Crippen LogP contribution in [0.15, 0.2) is 59.1 Å². The number of halogens is 1. The Morgan fingerprint density at radius 1 is 1.16 bits per heavy atom. The van der Waals surface area contributed by atoms with E-state index in [0.717, 1.165) is 18.5 Å². The molecular formula is C25H23FN6O3S2. The number of benzene rings is 2. The Morgan fingerprint density at radius 2 is 1.97 bits per heavy atom. The van der Waals surface area contributed by atoms with Crippen LogP contribution < -0.4 is 15.0 Å². The molecule has 1 aliphatic rings. The monoisotopic (exact) mass is 538 g/mol. The van der Waals surface area contributed by atoms with E-state index < -0.39 is 5.91 Å². The van der Waals surface area contributed by atoms with E-state index in [1.54, 1.807) is 23.2 Å². The summed E-state index contributed by atoms with van der Waals surface area (Å²) in [5.41, 5.74) is 2.79. The van der Waals surface area contributed by atoms with Crippen LogP contribution in [-0.2, 0) is 11.2 Å². The van der Waals surface area contributed by atoms with Gasteiger partial charge in [0.15, 0.2) is 15.8 Å². The zero-order valence-corrected chi connectivity index (χ0v) is 21.5. The lowest BCUT2D eigenvalue weighted by atomic mass is 10.2. The fourth-order valence-electron chi connectivity index (χ4n) is 3.83. The van der Waals surface area contributed by atoms with Crippen molar-refractivity contribution in [2.24, 2.45) is 0 Å². The van der Waals surface area contributed by atoms with Gasteiger partial charge in [0.25, 0.3) is 5.91 Å². The minimum absolute atomic E-state index is 0.000201. The molecule has 2 aromatic carbocycles. The molecule has 1 aliphatic heterocycles. The van der Waals surface area contributed by atoms with E-state index in [0.29, 0.717) is 28.9 Å². The van der Waals surface area contributed by atoms with Gasteiger partial charge in [0, 0.05) is 12.2 Å². The number of hydrogen-bond acceptors (Lipinski definition) is 8. The molecule has 0 fully saturated rings. The van der Waals surface area contributed by atoms with Crippen LogP contribution in [0.1, 0.15) is 29.4 Å². The van der Waals surface area contributed by atoms with Gasteiger partial charge in [0.1, 0.15) is 5.82 Å². The molecule has 1 N–H and O–H groups in total. The highest BCUT2D eigenvalue weighted by Gasteiger charge is 2.25. The number of para-hydroxylation sites is 1. The largest absolute Gasteiger partial charge is 0.489 e. The Bertz CT molecular complexity index is 1420. The Kier molecular flexibility index (Phi) is 7.47. The standard InChI is InChI=1S/C25H23FN6O3S2/c1-2-13-35-20-14-32(18-9-7-17(26)8-10-18)30-22(20)23(34)27-24-28-29-25(37-24)36-15-21(33)31-12-11-16-5-3-4-6-19(16)31/h3-10,14H,2,11-13,15H2,1H3,(H,27,28,34). The van der Waals surface area contributed by atoms with Gasteiger partial charge >= 0.3 is 0 Å². The first-order chi connectivity index (χ1) is 18.0. The third kappa shape index (κ3) is 5.65. The van der Waals surface area contributed by atoms with Gasteiger partial charge in [0.2, 0.25) is 11.0 Å². The molecule has 9 nitrogen and oxygen atoms in total. The Balaban J connectivity index is 1.23. The summed E-state index contributed by atoms with van der Waals surface area (Å²) in [5, 5.41) is 15.5. The molecule has 3 heterocycles. The summed E-state index contributed by atoms with van der Waals surface area (Å²) in [5.74, 6) is -0.356. The first-order valence-electron chi connectivity index (χ1n) is 11.7. The summed E-state index contributed by atoms with van der Waals surface area (Å²) in [4.78, 5) is 27.6. The van der Waals surface area contributed by atoms with Gasteiger partial charge in [-0.1, -0.05) is 48.2 Å². The summed E-state index contributed by atoms with van der Waals surface area (Å²) >= 11 is 2.45. The molecule has 37 heavy (non-hydrogen) atoms. The van der Waals surface area contributed by atoms with Crippen LogP contribution >= 0.6 is 23.1 Å². The van der Waals surface area contributed by atoms with Gasteiger partial charge < -0.3 is 9.64 Å². The molecule has 12 heteroatoms. The molecule has 0 unspecified atom stereocenters. The van der Waals surface area contributed by atoms with E-state index in [2.05, 4.69) is 20.6 Å². The van der Waals surface area contributed by atoms with Crippen molar-refractivity contribution in [1.29, 1.82) is 0 Å². The van der Waals surface area contributed by atoms with Gasteiger partial charge in [-0.3, -0.25) is 14.9 Å². The van der Waals surface area contributed by atoms with Crippen LogP contribution in [0.4, 0.5) is 15.2 Å². The van der Waals surface area contributed by atoms with Crippen LogP contribution in [0.2, 0.25) is 0 Å². The molecule has 190 valence electrons. The molecule has 4 aromatic rings. The predicted molar refractivity (Wildman–Crippen MR) is 140 cm³/mol. The van der Waals surface area contributed by atoms with E-state index in [-0.39, 0.29) is 28.3 Å². The zero-order valence-electron chi connectivity index (χ0n) is 19.9. The van der Waals surface area contributed by atoms with E-state index in [1.807, 2.05) is 31.2 Å². The van der Waals surface area contributed by atoms with Crippen molar-refractivity contribution >= 4 is 45.7 Å². The molecule has 0 aliphatic carbocycles. The summed E-state index contributed by atoms with van der Waals surface area (Å²) in [6.07, 6.45) is 3.19. The van der Waals surface area contributed by atoms with Crippen molar-refractivity contribution in [1.82, 2.24) is 20.0 Å². The number of ether oxygens (including phenoxy) is 1. The SMILES string of the molecule is CCCOc1cn(-c2ccc(F)cc2)nc1C(=O)Nc1nnc(SCC(=O)N2CCc3ccccc32)s1. The maximum atomic E-state index is 13.3. The average Bonchev–Trinajstić information content (AvgIpc) is 3.65. The number of nitrogens with one attached hydrogen (secondary N) is 1. The number of carbonyl (C=O) groups excluding carboxylic acids is 2. The second kappa shape index (κ2) is 11.1. The first-order valence-corrected chi connectivity index (χ1v) is 13.5. The van der Waals surface area contributed by atoms with E-state index in [4.69, 9.17) is 4.74 Å². The normalized spacial score (nSPS) is 12.4. The highest BCUT2D eigenvalue weighted by Crippen LogP contribution is 2.31. The molecule has 5 rings (SSSR count). The lowest BCUT2D eigenvalue weighted by Gasteiger charge is -2.16. The van der Waals surface area contributed by atoms with Crippen LogP contribution in [0.3, 0.4) is 0 Å².